The summed E-state index contributed by atoms with van der Waals surface area (Å²) in [6, 6.07) is 0. The van der Waals surface area contributed by atoms with Gasteiger partial charge in [-0.05, 0) is 0 Å². The van der Waals surface area contributed by atoms with Crippen LogP contribution in [0.5, 0.6) is 5.75 Å². The monoisotopic (exact) mass is 206 g/mol. The van der Waals surface area contributed by atoms with Crippen molar-refractivity contribution < 1.29 is 17.9 Å². The first-order valence-corrected chi connectivity index (χ1v) is 3.81. The Labute approximate surface area is 78.7 Å². The number of pyridine rings is 1. The van der Waals surface area contributed by atoms with Crippen LogP contribution in [0.15, 0.2) is 6.20 Å². The Morgan fingerprint density at radius 1 is 1.57 bits per heavy atom. The predicted molar refractivity (Wildman–Crippen MR) is 43.6 cm³/mol. The summed E-state index contributed by atoms with van der Waals surface area (Å²) in [6.07, 6.45) is -2.09. The van der Waals surface area contributed by atoms with E-state index in [1.54, 1.807) is 0 Å². The number of aromatic nitrogens is 1. The summed E-state index contributed by atoms with van der Waals surface area (Å²) >= 11 is 0. The first kappa shape index (κ1) is 10.8. The molecule has 0 unspecified atom stereocenters. The first-order valence-electron chi connectivity index (χ1n) is 3.81. The average Bonchev–Trinajstić information content (AvgIpc) is 2.16. The van der Waals surface area contributed by atoms with Gasteiger partial charge in [-0.15, -0.1) is 0 Å². The van der Waals surface area contributed by atoms with Crippen LogP contribution in [-0.2, 0) is 6.54 Å². The number of methoxy groups -OCH3 is 1. The lowest BCUT2D eigenvalue weighted by Gasteiger charge is -2.11. The van der Waals surface area contributed by atoms with Gasteiger partial charge in [-0.1, -0.05) is 0 Å². The van der Waals surface area contributed by atoms with Crippen molar-refractivity contribution in [1.29, 1.82) is 0 Å². The predicted octanol–water partition coefficient (Wildman–Crippen LogP) is 1.63. The highest BCUT2D eigenvalue weighted by atomic mass is 19.3. The molecule has 0 saturated carbocycles. The highest BCUT2D eigenvalue weighted by Crippen LogP contribution is 2.29. The number of nitrogens with two attached hydrogens (primary N) is 1. The Kier molecular flexibility index (Phi) is 3.29. The van der Waals surface area contributed by atoms with Crippen LogP contribution in [0.4, 0.5) is 13.2 Å². The Morgan fingerprint density at radius 2 is 2.21 bits per heavy atom. The van der Waals surface area contributed by atoms with Gasteiger partial charge in [-0.2, -0.15) is 0 Å². The largest absolute Gasteiger partial charge is 0.493 e. The van der Waals surface area contributed by atoms with E-state index in [4.69, 9.17) is 5.73 Å². The lowest BCUT2D eigenvalue weighted by molar-refractivity contribution is 0.144. The number of ether oxygens (including phenoxy) is 1. The van der Waals surface area contributed by atoms with Crippen molar-refractivity contribution in [2.75, 3.05) is 7.11 Å². The summed E-state index contributed by atoms with van der Waals surface area (Å²) in [5.74, 6) is -1.06. The number of alkyl halides is 2. The van der Waals surface area contributed by atoms with Crippen LogP contribution >= 0.6 is 0 Å². The molecule has 0 saturated heterocycles. The van der Waals surface area contributed by atoms with Crippen LogP contribution in [0.2, 0.25) is 0 Å². The van der Waals surface area contributed by atoms with Crippen molar-refractivity contribution in [2.24, 2.45) is 5.73 Å². The molecule has 1 aromatic heterocycles. The fourth-order valence-corrected chi connectivity index (χ4v) is 1.13. The van der Waals surface area contributed by atoms with E-state index in [1.165, 1.54) is 7.11 Å². The van der Waals surface area contributed by atoms with Gasteiger partial charge in [0.05, 0.1) is 13.3 Å². The van der Waals surface area contributed by atoms with Gasteiger partial charge in [0.1, 0.15) is 5.69 Å². The maximum atomic E-state index is 13.0. The van der Waals surface area contributed by atoms with Crippen LogP contribution in [0.1, 0.15) is 17.7 Å². The SMILES string of the molecule is COc1c(F)cnc(C(F)F)c1CN. The van der Waals surface area contributed by atoms with Crippen molar-refractivity contribution >= 4 is 0 Å². The molecule has 1 heterocycles. The lowest BCUT2D eigenvalue weighted by atomic mass is 10.1. The first-order chi connectivity index (χ1) is 6.61. The van der Waals surface area contributed by atoms with Crippen molar-refractivity contribution in [3.8, 4) is 5.75 Å². The van der Waals surface area contributed by atoms with E-state index in [0.29, 0.717) is 6.20 Å². The zero-order valence-electron chi connectivity index (χ0n) is 7.43. The Hall–Kier alpha value is -1.30. The van der Waals surface area contributed by atoms with E-state index in [-0.39, 0.29) is 17.9 Å². The molecule has 0 bridgehead atoms. The molecular weight excluding hydrogens is 197 g/mol. The number of halogens is 3. The molecule has 78 valence electrons. The zero-order chi connectivity index (χ0) is 10.7. The Balaban J connectivity index is 3.33. The standard InChI is InChI=1S/C8H9F3N2O/c1-14-7-4(2-12)6(8(10)11)13-3-5(7)9/h3,8H,2,12H2,1H3. The molecule has 0 fully saturated rings. The van der Waals surface area contributed by atoms with Gasteiger partial charge in [-0.25, -0.2) is 13.2 Å². The maximum Gasteiger partial charge on any atom is 0.280 e. The van der Waals surface area contributed by atoms with Gasteiger partial charge in [0.25, 0.3) is 6.43 Å². The normalized spacial score (nSPS) is 10.7. The van der Waals surface area contributed by atoms with Crippen LogP contribution in [0.3, 0.4) is 0 Å². The summed E-state index contributed by atoms with van der Waals surface area (Å²) in [7, 11) is 1.19. The highest BCUT2D eigenvalue weighted by Gasteiger charge is 2.20. The second kappa shape index (κ2) is 4.28. The molecule has 0 aliphatic heterocycles. The van der Waals surface area contributed by atoms with E-state index >= 15 is 0 Å². The van der Waals surface area contributed by atoms with Gasteiger partial charge in [-0.3, -0.25) is 4.98 Å². The van der Waals surface area contributed by atoms with Gasteiger partial charge in [0.15, 0.2) is 11.6 Å². The Bertz CT molecular complexity index is 331. The lowest BCUT2D eigenvalue weighted by Crippen LogP contribution is -2.08. The van der Waals surface area contributed by atoms with Crippen LogP contribution in [0, 0.1) is 5.82 Å². The summed E-state index contributed by atoms with van der Waals surface area (Å²) in [5, 5.41) is 0. The molecule has 0 amide bonds. The number of hydrogen-bond acceptors (Lipinski definition) is 3. The summed E-state index contributed by atoms with van der Waals surface area (Å²) in [6.45, 7) is -0.242. The van der Waals surface area contributed by atoms with Gasteiger partial charge >= 0.3 is 0 Å². The summed E-state index contributed by atoms with van der Waals surface area (Å²) < 4.78 is 42.4. The molecule has 1 aromatic rings. The third-order valence-corrected chi connectivity index (χ3v) is 1.73. The molecule has 0 atom stereocenters. The van der Waals surface area contributed by atoms with Crippen molar-refractivity contribution in [3.63, 3.8) is 0 Å². The third kappa shape index (κ3) is 1.79. The van der Waals surface area contributed by atoms with Gasteiger partial charge in [0.2, 0.25) is 0 Å². The number of hydrogen-bond donors (Lipinski definition) is 1. The van der Waals surface area contributed by atoms with Crippen molar-refractivity contribution in [1.82, 2.24) is 4.98 Å². The highest BCUT2D eigenvalue weighted by molar-refractivity contribution is 5.37. The fourth-order valence-electron chi connectivity index (χ4n) is 1.13. The average molecular weight is 206 g/mol. The molecule has 6 heteroatoms. The molecule has 0 spiro atoms. The van der Waals surface area contributed by atoms with E-state index in [0.717, 1.165) is 0 Å². The quantitative estimate of drug-likeness (QED) is 0.817. The van der Waals surface area contributed by atoms with E-state index < -0.39 is 17.9 Å². The summed E-state index contributed by atoms with van der Waals surface area (Å²) in [4.78, 5) is 3.27. The van der Waals surface area contributed by atoms with Crippen molar-refractivity contribution in [3.05, 3.63) is 23.3 Å². The third-order valence-electron chi connectivity index (χ3n) is 1.73. The van der Waals surface area contributed by atoms with Gasteiger partial charge < -0.3 is 10.5 Å². The molecule has 0 aliphatic carbocycles. The molecule has 2 N–H and O–H groups in total. The Morgan fingerprint density at radius 3 is 2.64 bits per heavy atom. The number of nitrogens with zero attached hydrogens (tertiary/aromatic N) is 1. The molecular formula is C8H9F3N2O. The molecule has 0 aromatic carbocycles. The van der Waals surface area contributed by atoms with Crippen LogP contribution in [0.25, 0.3) is 0 Å². The smallest absolute Gasteiger partial charge is 0.280 e. The number of rotatable bonds is 3. The summed E-state index contributed by atoms with van der Waals surface area (Å²) in [5.41, 5.74) is 4.58. The minimum atomic E-state index is -2.79. The second-order valence-electron chi connectivity index (χ2n) is 2.51. The molecule has 0 radical (unpaired) electrons. The fraction of sp³-hybridized carbons (Fsp3) is 0.375. The van der Waals surface area contributed by atoms with Crippen LogP contribution < -0.4 is 10.5 Å². The molecule has 14 heavy (non-hydrogen) atoms. The van der Waals surface area contributed by atoms with E-state index in [2.05, 4.69) is 9.72 Å². The van der Waals surface area contributed by atoms with E-state index in [1.807, 2.05) is 0 Å². The minimum Gasteiger partial charge on any atom is -0.493 e. The molecule has 3 nitrogen and oxygen atoms in total. The van der Waals surface area contributed by atoms with Crippen molar-refractivity contribution in [2.45, 2.75) is 13.0 Å². The molecule has 0 aliphatic rings. The minimum absolute atomic E-state index is 0.0949. The second-order valence-corrected chi connectivity index (χ2v) is 2.51. The molecule has 1 rings (SSSR count). The van der Waals surface area contributed by atoms with Gasteiger partial charge in [0, 0.05) is 12.1 Å². The van der Waals surface area contributed by atoms with Crippen LogP contribution in [-0.4, -0.2) is 12.1 Å². The zero-order valence-corrected chi connectivity index (χ0v) is 7.43. The maximum absolute atomic E-state index is 13.0. The van der Waals surface area contributed by atoms with E-state index in [9.17, 15) is 13.2 Å². The topological polar surface area (TPSA) is 48.1 Å².